The summed E-state index contributed by atoms with van der Waals surface area (Å²) in [6, 6.07) is 14.3. The van der Waals surface area contributed by atoms with Crippen LogP contribution in [0.5, 0.6) is 17.2 Å². The van der Waals surface area contributed by atoms with E-state index in [-0.39, 0.29) is 11.6 Å². The number of aromatic hydroxyl groups is 1. The van der Waals surface area contributed by atoms with E-state index >= 15 is 0 Å². The average Bonchev–Trinajstić information content (AvgIpc) is 2.63. The minimum Gasteiger partial charge on any atom is -0.504 e. The van der Waals surface area contributed by atoms with Gasteiger partial charge in [-0.25, -0.2) is 4.98 Å². The first kappa shape index (κ1) is 17.2. The van der Waals surface area contributed by atoms with Crippen molar-refractivity contribution in [1.29, 1.82) is 0 Å². The maximum Gasteiger partial charge on any atom is 0.323 e. The van der Waals surface area contributed by atoms with Crippen molar-refractivity contribution in [2.75, 3.05) is 11.4 Å². The van der Waals surface area contributed by atoms with E-state index in [4.69, 9.17) is 9.84 Å². The molecule has 0 fully saturated rings. The molecule has 3 rings (SSSR count). The summed E-state index contributed by atoms with van der Waals surface area (Å²) in [6.07, 6.45) is 0.328. The number of benzene rings is 2. The summed E-state index contributed by atoms with van der Waals surface area (Å²) in [6.45, 7) is 1.12. The number of pyridine rings is 1. The van der Waals surface area contributed by atoms with Gasteiger partial charge in [0.05, 0.1) is 0 Å². The van der Waals surface area contributed by atoms with Crippen molar-refractivity contribution in [2.45, 2.75) is 6.92 Å². The Bertz CT molecular complexity index is 973. The Kier molecular flexibility index (Phi) is 4.70. The van der Waals surface area contributed by atoms with Crippen LogP contribution in [-0.2, 0) is 9.59 Å². The standard InChI is InChI=1S/C19H16N2O5/c1-12-16-9-14(26-13-5-3-2-4-6-13)7-8-15(16)18(25)19(20-12)21(11-22)10-17(23)24/h2-9,11,25H,10H2,1H3,(H,23,24). The number of carbonyl (C=O) groups excluding carboxylic acids is 1. The van der Waals surface area contributed by atoms with E-state index in [1.165, 1.54) is 0 Å². The van der Waals surface area contributed by atoms with Crippen LogP contribution < -0.4 is 9.64 Å². The molecule has 0 radical (unpaired) electrons. The van der Waals surface area contributed by atoms with Crippen molar-refractivity contribution < 1.29 is 24.5 Å². The number of anilines is 1. The van der Waals surface area contributed by atoms with Gasteiger partial charge in [0.1, 0.15) is 18.0 Å². The Morgan fingerprint density at radius 1 is 1.15 bits per heavy atom. The second-order valence-electron chi connectivity index (χ2n) is 5.62. The summed E-state index contributed by atoms with van der Waals surface area (Å²) in [7, 11) is 0. The van der Waals surface area contributed by atoms with Crippen LogP contribution in [0, 0.1) is 6.92 Å². The van der Waals surface area contributed by atoms with Gasteiger partial charge in [-0.15, -0.1) is 0 Å². The highest BCUT2D eigenvalue weighted by molar-refractivity contribution is 5.97. The van der Waals surface area contributed by atoms with E-state index in [9.17, 15) is 14.7 Å². The van der Waals surface area contributed by atoms with E-state index in [2.05, 4.69) is 4.98 Å². The normalized spacial score (nSPS) is 10.5. The van der Waals surface area contributed by atoms with Gasteiger partial charge in [0.25, 0.3) is 0 Å². The van der Waals surface area contributed by atoms with Gasteiger partial charge < -0.3 is 14.9 Å². The van der Waals surface area contributed by atoms with Crippen molar-refractivity contribution in [3.8, 4) is 17.2 Å². The third-order valence-electron chi connectivity index (χ3n) is 3.81. The van der Waals surface area contributed by atoms with Crippen molar-refractivity contribution >= 4 is 29.0 Å². The van der Waals surface area contributed by atoms with E-state index in [0.29, 0.717) is 34.4 Å². The number of hydrogen-bond acceptors (Lipinski definition) is 5. The number of nitrogens with zero attached hydrogens (tertiary/aromatic N) is 2. The van der Waals surface area contributed by atoms with Gasteiger partial charge >= 0.3 is 5.97 Å². The van der Waals surface area contributed by atoms with Gasteiger partial charge in [-0.05, 0) is 37.3 Å². The molecule has 0 aliphatic carbocycles. The molecule has 1 amide bonds. The molecule has 2 aromatic carbocycles. The first-order valence-corrected chi connectivity index (χ1v) is 7.79. The molecule has 0 saturated carbocycles. The highest BCUT2D eigenvalue weighted by Gasteiger charge is 2.19. The monoisotopic (exact) mass is 352 g/mol. The number of aliphatic carboxylic acids is 1. The van der Waals surface area contributed by atoms with Crippen molar-refractivity contribution in [3.05, 3.63) is 54.2 Å². The zero-order valence-corrected chi connectivity index (χ0v) is 13.9. The molecule has 0 unspecified atom stereocenters. The third kappa shape index (κ3) is 3.41. The SMILES string of the molecule is Cc1nc(N(C=O)CC(=O)O)c(O)c2ccc(Oc3ccccc3)cc12. The highest BCUT2D eigenvalue weighted by atomic mass is 16.5. The van der Waals surface area contributed by atoms with Gasteiger partial charge in [0, 0.05) is 16.5 Å². The Labute approximate surface area is 149 Å². The number of carboxylic acid groups (broad SMARTS) is 1. The molecule has 132 valence electrons. The van der Waals surface area contributed by atoms with E-state index in [1.807, 2.05) is 30.3 Å². The molecule has 3 aromatic rings. The summed E-state index contributed by atoms with van der Waals surface area (Å²) < 4.78 is 5.78. The predicted octanol–water partition coefficient (Wildman–Crippen LogP) is 3.09. The Morgan fingerprint density at radius 2 is 1.88 bits per heavy atom. The fourth-order valence-corrected chi connectivity index (χ4v) is 2.62. The lowest BCUT2D eigenvalue weighted by Crippen LogP contribution is -2.29. The van der Waals surface area contributed by atoms with Gasteiger partial charge in [0.2, 0.25) is 6.41 Å². The minimum absolute atomic E-state index is 0.0934. The molecule has 0 aliphatic heterocycles. The molecule has 0 atom stereocenters. The van der Waals surface area contributed by atoms with Crippen molar-refractivity contribution in [3.63, 3.8) is 0 Å². The maximum absolute atomic E-state index is 11.2. The topological polar surface area (TPSA) is 100.0 Å². The molecule has 1 aromatic heterocycles. The van der Waals surface area contributed by atoms with Crippen LogP contribution in [0.1, 0.15) is 5.69 Å². The number of carbonyl (C=O) groups is 2. The van der Waals surface area contributed by atoms with Gasteiger partial charge in [-0.1, -0.05) is 18.2 Å². The Morgan fingerprint density at radius 3 is 2.54 bits per heavy atom. The number of rotatable bonds is 6. The first-order valence-electron chi connectivity index (χ1n) is 7.79. The third-order valence-corrected chi connectivity index (χ3v) is 3.81. The summed E-state index contributed by atoms with van der Waals surface area (Å²) in [4.78, 5) is 27.1. The van der Waals surface area contributed by atoms with Crippen LogP contribution in [0.25, 0.3) is 10.8 Å². The second-order valence-corrected chi connectivity index (χ2v) is 5.62. The fourth-order valence-electron chi connectivity index (χ4n) is 2.62. The molecule has 7 heteroatoms. The first-order chi connectivity index (χ1) is 12.5. The number of amides is 1. The van der Waals surface area contributed by atoms with Gasteiger partial charge in [-0.3, -0.25) is 14.5 Å². The molecular weight excluding hydrogens is 336 g/mol. The quantitative estimate of drug-likeness (QED) is 0.661. The Hall–Kier alpha value is -3.61. The average molecular weight is 352 g/mol. The number of para-hydroxylation sites is 1. The van der Waals surface area contributed by atoms with Crippen LogP contribution in [0.4, 0.5) is 5.82 Å². The summed E-state index contributed by atoms with van der Waals surface area (Å²) >= 11 is 0. The molecule has 0 saturated heterocycles. The smallest absolute Gasteiger partial charge is 0.323 e. The van der Waals surface area contributed by atoms with E-state index in [1.54, 1.807) is 25.1 Å². The summed E-state index contributed by atoms with van der Waals surface area (Å²) in [5.74, 6) is -0.317. The molecule has 0 spiro atoms. The molecule has 2 N–H and O–H groups in total. The number of carboxylic acids is 1. The van der Waals surface area contributed by atoms with Crippen LogP contribution in [0.2, 0.25) is 0 Å². The second kappa shape index (κ2) is 7.10. The number of hydrogen-bond donors (Lipinski definition) is 2. The summed E-state index contributed by atoms with van der Waals surface area (Å²) in [5.41, 5.74) is 0.531. The molecule has 1 heterocycles. The number of aryl methyl sites for hydroxylation is 1. The molecular formula is C19H16N2O5. The maximum atomic E-state index is 11.2. The minimum atomic E-state index is -1.21. The van der Waals surface area contributed by atoms with Crippen molar-refractivity contribution in [1.82, 2.24) is 4.98 Å². The van der Waals surface area contributed by atoms with Gasteiger partial charge in [0.15, 0.2) is 11.6 Å². The lowest BCUT2D eigenvalue weighted by Gasteiger charge is -2.18. The number of ether oxygens (including phenoxy) is 1. The van der Waals surface area contributed by atoms with E-state index in [0.717, 1.165) is 4.90 Å². The lowest BCUT2D eigenvalue weighted by atomic mass is 10.1. The largest absolute Gasteiger partial charge is 0.504 e. The van der Waals surface area contributed by atoms with Crippen LogP contribution in [0.3, 0.4) is 0 Å². The van der Waals surface area contributed by atoms with Crippen LogP contribution in [-0.4, -0.2) is 34.1 Å². The fraction of sp³-hybridized carbons (Fsp3) is 0.105. The number of aromatic nitrogens is 1. The zero-order chi connectivity index (χ0) is 18.7. The van der Waals surface area contributed by atoms with Crippen LogP contribution in [0.15, 0.2) is 48.5 Å². The van der Waals surface area contributed by atoms with Gasteiger partial charge in [-0.2, -0.15) is 0 Å². The Balaban J connectivity index is 2.04. The lowest BCUT2D eigenvalue weighted by molar-refractivity contribution is -0.136. The predicted molar refractivity (Wildman–Crippen MR) is 95.7 cm³/mol. The van der Waals surface area contributed by atoms with Crippen LogP contribution >= 0.6 is 0 Å². The molecule has 0 aliphatic rings. The zero-order valence-electron chi connectivity index (χ0n) is 13.9. The number of fused-ring (bicyclic) bond motifs is 1. The van der Waals surface area contributed by atoms with Crippen molar-refractivity contribution in [2.24, 2.45) is 0 Å². The molecule has 26 heavy (non-hydrogen) atoms. The molecule has 7 nitrogen and oxygen atoms in total. The molecule has 0 bridgehead atoms. The summed E-state index contributed by atoms with van der Waals surface area (Å²) in [5, 5.41) is 20.5. The highest BCUT2D eigenvalue weighted by Crippen LogP contribution is 2.37. The van der Waals surface area contributed by atoms with E-state index < -0.39 is 12.5 Å².